The van der Waals surface area contributed by atoms with Crippen molar-refractivity contribution in [3.63, 3.8) is 0 Å². The number of aromatic hydroxyl groups is 1. The Hall–Kier alpha value is -8.08. The zero-order valence-corrected chi connectivity index (χ0v) is 36.3. The summed E-state index contributed by atoms with van der Waals surface area (Å²) in [5.41, 5.74) is 11.0. The van der Waals surface area contributed by atoms with E-state index in [0.29, 0.717) is 16.7 Å². The van der Waals surface area contributed by atoms with Crippen LogP contribution in [0.25, 0.3) is 0 Å². The lowest BCUT2D eigenvalue weighted by Crippen LogP contribution is -2.61. The van der Waals surface area contributed by atoms with Gasteiger partial charge in [-0.15, -0.1) is 0 Å². The maximum atomic E-state index is 14.2. The van der Waals surface area contributed by atoms with Gasteiger partial charge in [0.1, 0.15) is 49.2 Å². The van der Waals surface area contributed by atoms with E-state index in [1.54, 1.807) is 60.7 Å². The van der Waals surface area contributed by atoms with Crippen LogP contribution in [-0.2, 0) is 72.3 Å². The third-order valence-electron chi connectivity index (χ3n) is 9.88. The lowest BCUT2D eigenvalue weighted by Gasteiger charge is -2.27. The second kappa shape index (κ2) is 26.0. The molecule has 12 N–H and O–H groups in total. The monoisotopic (exact) mass is 931 g/mol. The number of primary amides is 1. The van der Waals surface area contributed by atoms with Gasteiger partial charge in [-0.1, -0.05) is 72.8 Å². The van der Waals surface area contributed by atoms with Crippen LogP contribution in [0, 0.1) is 0 Å². The summed E-state index contributed by atoms with van der Waals surface area (Å²) in [6.45, 7) is 0.0910. The van der Waals surface area contributed by atoms with Crippen LogP contribution < -0.4 is 48.5 Å². The number of aliphatic hydroxyl groups is 1. The number of benzene rings is 3. The van der Waals surface area contributed by atoms with Crippen molar-refractivity contribution in [3.8, 4) is 5.75 Å². The van der Waals surface area contributed by atoms with Crippen molar-refractivity contribution in [3.05, 3.63) is 102 Å². The number of hydrogen-bond acceptors (Lipinski definition) is 14. The molecule has 9 amide bonds. The highest BCUT2D eigenvalue weighted by molar-refractivity contribution is 5.98. The van der Waals surface area contributed by atoms with Gasteiger partial charge in [0.25, 0.3) is 5.91 Å². The van der Waals surface area contributed by atoms with Gasteiger partial charge < -0.3 is 57.3 Å². The molecule has 23 nitrogen and oxygen atoms in total. The molecule has 1 aliphatic heterocycles. The molecule has 6 atom stereocenters. The molecule has 4 rings (SSSR count). The first-order chi connectivity index (χ1) is 32.0. The summed E-state index contributed by atoms with van der Waals surface area (Å²) in [6, 6.07) is 14.9. The SMILES string of the molecule is CC(O)C(NC(=O)C(Cc1ccc(O)cc1)NC(=O)C(CC(=O)OCc1ccccc1)NC(=O)C(CCC(N)=O)NC(=O)C1CCC(=O)N1)C(=O)NCC(=O)NNC(=O)OCc1ccccc1. The van der Waals surface area contributed by atoms with Crippen molar-refractivity contribution in [1.82, 2.24) is 42.8 Å². The Bertz CT molecular complexity index is 2230. The summed E-state index contributed by atoms with van der Waals surface area (Å²) >= 11 is 0. The van der Waals surface area contributed by atoms with Gasteiger partial charge in [-0.25, -0.2) is 10.2 Å². The van der Waals surface area contributed by atoms with E-state index in [1.807, 2.05) is 10.9 Å². The fourth-order valence-corrected chi connectivity index (χ4v) is 6.29. The zero-order chi connectivity index (χ0) is 48.9. The summed E-state index contributed by atoms with van der Waals surface area (Å²) in [5.74, 6) is -8.36. The molecule has 3 aromatic rings. The van der Waals surface area contributed by atoms with Gasteiger partial charge in [0.05, 0.1) is 19.1 Å². The van der Waals surface area contributed by atoms with Crippen LogP contribution in [0.15, 0.2) is 84.9 Å². The number of hydrogen-bond donors (Lipinski definition) is 11. The average molecular weight is 932 g/mol. The first kappa shape index (κ1) is 51.6. The molecule has 3 aromatic carbocycles. The van der Waals surface area contributed by atoms with Crippen LogP contribution in [0.3, 0.4) is 0 Å². The van der Waals surface area contributed by atoms with Crippen molar-refractivity contribution in [2.24, 2.45) is 5.73 Å². The standard InChI is InChI=1S/C44H53N9O14/c1-25(54)38(43(64)46-22-36(58)52-53-44(65)67-24-28-10-6-3-7-11-28)51-42(63)32(20-26-12-14-29(55)15-13-26)49-41(62)33(21-37(59)66-23-27-8-4-2-5-9-27)50-40(61)31(16-18-34(45)56)48-39(60)30-17-19-35(57)47-30/h2-15,25,30-33,38,54-55H,16-24H2,1H3,(H2,45,56)(H,46,64)(H,47,57)(H,48,60)(H,49,62)(H,50,61)(H,51,63)(H,52,58)(H,53,65). The Morgan fingerprint density at radius 1 is 0.716 bits per heavy atom. The van der Waals surface area contributed by atoms with Gasteiger partial charge in [0, 0.05) is 19.3 Å². The number of carbonyl (C=O) groups is 10. The number of hydrazine groups is 1. The number of ether oxygens (including phenoxy) is 2. The third kappa shape index (κ3) is 18.1. The Labute approximate surface area is 383 Å². The van der Waals surface area contributed by atoms with Crippen molar-refractivity contribution in [2.75, 3.05) is 6.54 Å². The molecule has 1 heterocycles. The summed E-state index contributed by atoms with van der Waals surface area (Å²) < 4.78 is 10.4. The molecular weight excluding hydrogens is 879 g/mol. The topological polar surface area (TPSA) is 352 Å². The van der Waals surface area contributed by atoms with E-state index in [9.17, 15) is 58.2 Å². The van der Waals surface area contributed by atoms with Crippen molar-refractivity contribution in [1.29, 1.82) is 0 Å². The Morgan fingerprint density at radius 3 is 1.88 bits per heavy atom. The predicted molar refractivity (Wildman–Crippen MR) is 233 cm³/mol. The number of phenols is 1. The molecule has 0 aliphatic carbocycles. The van der Waals surface area contributed by atoms with Crippen molar-refractivity contribution in [2.45, 2.75) is 95.0 Å². The number of rotatable bonds is 23. The first-order valence-corrected chi connectivity index (χ1v) is 20.9. The fraction of sp³-hybridized carbons (Fsp3) is 0.364. The number of carbonyl (C=O) groups excluding carboxylic acids is 10. The molecular formula is C44H53N9O14. The van der Waals surface area contributed by atoms with E-state index in [1.165, 1.54) is 24.3 Å². The lowest BCUT2D eigenvalue weighted by atomic mass is 10.0. The molecule has 358 valence electrons. The molecule has 6 unspecified atom stereocenters. The minimum absolute atomic E-state index is 0.0511. The van der Waals surface area contributed by atoms with Gasteiger partial charge in [0.2, 0.25) is 41.4 Å². The van der Waals surface area contributed by atoms with Crippen LogP contribution in [0.1, 0.15) is 55.7 Å². The predicted octanol–water partition coefficient (Wildman–Crippen LogP) is -1.99. The molecule has 1 aliphatic rings. The van der Waals surface area contributed by atoms with E-state index in [-0.39, 0.29) is 44.6 Å². The minimum atomic E-state index is -1.82. The van der Waals surface area contributed by atoms with Gasteiger partial charge in [0.15, 0.2) is 0 Å². The summed E-state index contributed by atoms with van der Waals surface area (Å²) in [6.07, 6.45) is -4.34. The number of nitrogens with one attached hydrogen (secondary N) is 8. The second-order valence-electron chi connectivity index (χ2n) is 15.2. The van der Waals surface area contributed by atoms with Crippen LogP contribution in [-0.4, -0.2) is 112 Å². The van der Waals surface area contributed by atoms with Crippen LogP contribution >= 0.6 is 0 Å². The van der Waals surface area contributed by atoms with Crippen LogP contribution in [0.4, 0.5) is 4.79 Å². The quantitative estimate of drug-likeness (QED) is 0.0362. The third-order valence-corrected chi connectivity index (χ3v) is 9.88. The molecule has 23 heteroatoms. The number of esters is 1. The van der Waals surface area contributed by atoms with Gasteiger partial charge in [-0.2, -0.15) is 0 Å². The first-order valence-electron chi connectivity index (χ1n) is 20.9. The van der Waals surface area contributed by atoms with E-state index in [2.05, 4.69) is 31.9 Å². The smallest absolute Gasteiger partial charge is 0.426 e. The molecule has 0 spiro atoms. The summed E-state index contributed by atoms with van der Waals surface area (Å²) in [7, 11) is 0. The number of amides is 9. The zero-order valence-electron chi connectivity index (χ0n) is 36.3. The highest BCUT2D eigenvalue weighted by Crippen LogP contribution is 2.14. The molecule has 0 radical (unpaired) electrons. The Kier molecular flexibility index (Phi) is 20.0. The maximum absolute atomic E-state index is 14.2. The van der Waals surface area contributed by atoms with Gasteiger partial charge in [-0.3, -0.25) is 48.6 Å². The Balaban J connectivity index is 1.50. The molecule has 1 saturated heterocycles. The van der Waals surface area contributed by atoms with Crippen LogP contribution in [0.2, 0.25) is 0 Å². The molecule has 0 bridgehead atoms. The van der Waals surface area contributed by atoms with E-state index in [0.717, 1.165) is 6.92 Å². The average Bonchev–Trinajstić information content (AvgIpc) is 3.75. The number of phenolic OH excluding ortho intramolecular Hbond substituents is 1. The lowest BCUT2D eigenvalue weighted by molar-refractivity contribution is -0.147. The fourth-order valence-electron chi connectivity index (χ4n) is 6.29. The Morgan fingerprint density at radius 2 is 1.30 bits per heavy atom. The van der Waals surface area contributed by atoms with Gasteiger partial charge in [-0.05, 0) is 48.6 Å². The van der Waals surface area contributed by atoms with E-state index in [4.69, 9.17) is 15.2 Å². The minimum Gasteiger partial charge on any atom is -0.508 e. The number of nitrogens with two attached hydrogens (primary N) is 1. The van der Waals surface area contributed by atoms with E-state index < -0.39 is 115 Å². The summed E-state index contributed by atoms with van der Waals surface area (Å²) in [5, 5.41) is 34.7. The summed E-state index contributed by atoms with van der Waals surface area (Å²) in [4.78, 5) is 129. The normalized spacial score (nSPS) is 15.1. The van der Waals surface area contributed by atoms with Gasteiger partial charge >= 0.3 is 12.1 Å². The largest absolute Gasteiger partial charge is 0.508 e. The molecule has 0 aromatic heterocycles. The van der Waals surface area contributed by atoms with Crippen LogP contribution in [0.5, 0.6) is 5.75 Å². The second-order valence-corrected chi connectivity index (χ2v) is 15.2. The highest BCUT2D eigenvalue weighted by Gasteiger charge is 2.36. The van der Waals surface area contributed by atoms with E-state index >= 15 is 0 Å². The van der Waals surface area contributed by atoms with Crippen molar-refractivity contribution >= 4 is 59.3 Å². The van der Waals surface area contributed by atoms with Crippen molar-refractivity contribution < 1.29 is 67.6 Å². The number of aliphatic hydroxyl groups excluding tert-OH is 1. The highest BCUT2D eigenvalue weighted by atomic mass is 16.6. The molecule has 0 saturated carbocycles. The maximum Gasteiger partial charge on any atom is 0.426 e. The molecule has 1 fully saturated rings. The molecule has 67 heavy (non-hydrogen) atoms.